The van der Waals surface area contributed by atoms with Gasteiger partial charge in [-0.3, -0.25) is 4.79 Å². The first-order valence-corrected chi connectivity index (χ1v) is 4.06. The molecule has 70 valence electrons. The van der Waals surface area contributed by atoms with Gasteiger partial charge in [0.2, 0.25) is 0 Å². The quantitative estimate of drug-likeness (QED) is 0.373. The van der Waals surface area contributed by atoms with Gasteiger partial charge in [-0.05, 0) is 19.3 Å². The molecule has 0 rings (SSSR count). The highest BCUT2D eigenvalue weighted by molar-refractivity contribution is 5.69. The average molecular weight is 172 g/mol. The molecule has 0 aliphatic rings. The summed E-state index contributed by atoms with van der Waals surface area (Å²) in [5.74, 6) is -0.360. The minimum atomic E-state index is -0.572. The Morgan fingerprint density at radius 2 is 2.42 bits per heavy atom. The summed E-state index contributed by atoms with van der Waals surface area (Å²) in [6, 6.07) is 0. The summed E-state index contributed by atoms with van der Waals surface area (Å²) in [7, 11) is 1.32. The van der Waals surface area contributed by atoms with E-state index in [1.54, 1.807) is 6.08 Å². The molecule has 0 aromatic rings. The van der Waals surface area contributed by atoms with Crippen molar-refractivity contribution >= 4 is 5.97 Å². The Kier molecular flexibility index (Phi) is 6.38. The highest BCUT2D eigenvalue weighted by Gasteiger charge is 2.09. The molecule has 3 nitrogen and oxygen atoms in total. The van der Waals surface area contributed by atoms with Gasteiger partial charge in [-0.15, -0.1) is 6.58 Å². The summed E-state index contributed by atoms with van der Waals surface area (Å²) in [6.07, 6.45) is 3.68. The topological polar surface area (TPSA) is 46.5 Å². The Labute approximate surface area is 73.0 Å². The van der Waals surface area contributed by atoms with Crippen molar-refractivity contribution in [3.05, 3.63) is 12.7 Å². The number of carbonyl (C=O) groups excluding carboxylic acids is 1. The molecular weight excluding hydrogens is 156 g/mol. The number of unbranched alkanes of at least 4 members (excludes halogenated alkanes) is 1. The molecule has 0 bridgehead atoms. The SMILES string of the molecule is C=CCCCC(O)CC(=O)OC. The van der Waals surface area contributed by atoms with E-state index in [1.165, 1.54) is 7.11 Å². The summed E-state index contributed by atoms with van der Waals surface area (Å²) in [5, 5.41) is 9.24. The molecule has 1 N–H and O–H groups in total. The van der Waals surface area contributed by atoms with Crippen molar-refractivity contribution in [2.24, 2.45) is 0 Å². The number of hydrogen-bond acceptors (Lipinski definition) is 3. The second-order valence-electron chi connectivity index (χ2n) is 2.65. The minimum Gasteiger partial charge on any atom is -0.469 e. The standard InChI is InChI=1S/C9H16O3/c1-3-4-5-6-8(10)7-9(11)12-2/h3,8,10H,1,4-7H2,2H3. The molecular formula is C9H16O3. The van der Waals surface area contributed by atoms with Gasteiger partial charge in [0.15, 0.2) is 0 Å². The van der Waals surface area contributed by atoms with E-state index in [1.807, 2.05) is 0 Å². The molecule has 0 aliphatic heterocycles. The minimum absolute atomic E-state index is 0.0909. The molecule has 12 heavy (non-hydrogen) atoms. The van der Waals surface area contributed by atoms with Crippen molar-refractivity contribution in [1.82, 2.24) is 0 Å². The molecule has 0 aromatic heterocycles. The number of carbonyl (C=O) groups is 1. The first kappa shape index (κ1) is 11.2. The van der Waals surface area contributed by atoms with Gasteiger partial charge in [-0.25, -0.2) is 0 Å². The third-order valence-corrected chi connectivity index (χ3v) is 1.58. The van der Waals surface area contributed by atoms with E-state index in [-0.39, 0.29) is 12.4 Å². The van der Waals surface area contributed by atoms with Gasteiger partial charge in [-0.2, -0.15) is 0 Å². The summed E-state index contributed by atoms with van der Waals surface area (Å²) in [5.41, 5.74) is 0. The fourth-order valence-electron chi connectivity index (χ4n) is 0.876. The van der Waals surface area contributed by atoms with Gasteiger partial charge >= 0.3 is 5.97 Å². The van der Waals surface area contributed by atoms with Gasteiger partial charge in [0.05, 0.1) is 19.6 Å². The van der Waals surface area contributed by atoms with Crippen LogP contribution in [0.2, 0.25) is 0 Å². The lowest BCUT2D eigenvalue weighted by molar-refractivity contribution is -0.142. The number of aliphatic hydroxyl groups is 1. The van der Waals surface area contributed by atoms with E-state index in [0.29, 0.717) is 6.42 Å². The summed E-state index contributed by atoms with van der Waals surface area (Å²) < 4.78 is 4.41. The van der Waals surface area contributed by atoms with Gasteiger partial charge in [-0.1, -0.05) is 6.08 Å². The van der Waals surface area contributed by atoms with E-state index in [4.69, 9.17) is 0 Å². The second kappa shape index (κ2) is 6.85. The summed E-state index contributed by atoms with van der Waals surface area (Å²) in [6.45, 7) is 3.56. The Hall–Kier alpha value is -0.830. The smallest absolute Gasteiger partial charge is 0.308 e. The Morgan fingerprint density at radius 3 is 2.92 bits per heavy atom. The molecule has 3 heteroatoms. The van der Waals surface area contributed by atoms with Gasteiger partial charge in [0.1, 0.15) is 0 Å². The normalized spacial score (nSPS) is 12.2. The summed E-state index contributed by atoms with van der Waals surface area (Å²) in [4.78, 5) is 10.7. The van der Waals surface area contributed by atoms with Crippen molar-refractivity contribution < 1.29 is 14.6 Å². The Bertz CT molecular complexity index is 143. The average Bonchev–Trinajstić information content (AvgIpc) is 2.05. The Morgan fingerprint density at radius 1 is 1.75 bits per heavy atom. The van der Waals surface area contributed by atoms with Crippen LogP contribution in [0.1, 0.15) is 25.7 Å². The van der Waals surface area contributed by atoms with E-state index in [2.05, 4.69) is 11.3 Å². The molecule has 0 aromatic carbocycles. The number of methoxy groups -OCH3 is 1. The molecule has 0 amide bonds. The zero-order valence-corrected chi connectivity index (χ0v) is 7.45. The van der Waals surface area contributed by atoms with E-state index in [0.717, 1.165) is 12.8 Å². The molecule has 0 radical (unpaired) electrons. The molecule has 1 atom stereocenters. The van der Waals surface area contributed by atoms with Crippen LogP contribution in [0.15, 0.2) is 12.7 Å². The molecule has 0 saturated carbocycles. The highest BCUT2D eigenvalue weighted by atomic mass is 16.5. The van der Waals surface area contributed by atoms with Crippen molar-refractivity contribution in [2.45, 2.75) is 31.8 Å². The number of aliphatic hydroxyl groups excluding tert-OH is 1. The second-order valence-corrected chi connectivity index (χ2v) is 2.65. The zero-order chi connectivity index (χ0) is 9.40. The fourth-order valence-corrected chi connectivity index (χ4v) is 0.876. The number of esters is 1. The number of ether oxygens (including phenoxy) is 1. The van der Waals surface area contributed by atoms with Crippen LogP contribution in [0.25, 0.3) is 0 Å². The van der Waals surface area contributed by atoms with Crippen molar-refractivity contribution in [3.8, 4) is 0 Å². The van der Waals surface area contributed by atoms with Crippen molar-refractivity contribution in [1.29, 1.82) is 0 Å². The van der Waals surface area contributed by atoms with Crippen LogP contribution in [-0.2, 0) is 9.53 Å². The van der Waals surface area contributed by atoms with Crippen LogP contribution in [-0.4, -0.2) is 24.3 Å². The van der Waals surface area contributed by atoms with Gasteiger partial charge in [0, 0.05) is 0 Å². The predicted octanol–water partition coefficient (Wildman–Crippen LogP) is 1.27. The van der Waals surface area contributed by atoms with Gasteiger partial charge < -0.3 is 9.84 Å². The van der Waals surface area contributed by atoms with Gasteiger partial charge in [0.25, 0.3) is 0 Å². The van der Waals surface area contributed by atoms with E-state index < -0.39 is 6.10 Å². The first-order valence-electron chi connectivity index (χ1n) is 4.06. The molecule has 0 saturated heterocycles. The lowest BCUT2D eigenvalue weighted by Crippen LogP contribution is -2.14. The predicted molar refractivity (Wildman–Crippen MR) is 46.7 cm³/mol. The van der Waals surface area contributed by atoms with Crippen LogP contribution in [0, 0.1) is 0 Å². The van der Waals surface area contributed by atoms with Crippen molar-refractivity contribution in [3.63, 3.8) is 0 Å². The maximum Gasteiger partial charge on any atom is 0.308 e. The van der Waals surface area contributed by atoms with Crippen LogP contribution < -0.4 is 0 Å². The van der Waals surface area contributed by atoms with E-state index >= 15 is 0 Å². The molecule has 0 heterocycles. The fraction of sp³-hybridized carbons (Fsp3) is 0.667. The largest absolute Gasteiger partial charge is 0.469 e. The first-order chi connectivity index (χ1) is 5.70. The number of hydrogen-bond donors (Lipinski definition) is 1. The monoisotopic (exact) mass is 172 g/mol. The number of rotatable bonds is 6. The number of allylic oxidation sites excluding steroid dienone is 1. The highest BCUT2D eigenvalue weighted by Crippen LogP contribution is 2.05. The molecule has 0 aliphatic carbocycles. The lowest BCUT2D eigenvalue weighted by atomic mass is 10.1. The summed E-state index contributed by atoms with van der Waals surface area (Å²) >= 11 is 0. The maximum atomic E-state index is 10.7. The van der Waals surface area contributed by atoms with Crippen LogP contribution in [0.3, 0.4) is 0 Å². The van der Waals surface area contributed by atoms with E-state index in [9.17, 15) is 9.90 Å². The zero-order valence-electron chi connectivity index (χ0n) is 7.45. The van der Waals surface area contributed by atoms with Crippen LogP contribution in [0.4, 0.5) is 0 Å². The maximum absolute atomic E-state index is 10.7. The molecule has 0 spiro atoms. The molecule has 0 fully saturated rings. The van der Waals surface area contributed by atoms with Crippen molar-refractivity contribution in [2.75, 3.05) is 7.11 Å². The lowest BCUT2D eigenvalue weighted by Gasteiger charge is -2.07. The molecule has 1 unspecified atom stereocenters. The van der Waals surface area contributed by atoms with Crippen LogP contribution in [0.5, 0.6) is 0 Å². The third-order valence-electron chi connectivity index (χ3n) is 1.58. The Balaban J connectivity index is 3.38. The van der Waals surface area contributed by atoms with Crippen LogP contribution >= 0.6 is 0 Å². The third kappa shape index (κ3) is 5.92.